The van der Waals surface area contributed by atoms with Crippen LogP contribution in [0.15, 0.2) is 0 Å². The Balaban J connectivity index is 2.27. The van der Waals surface area contributed by atoms with Crippen molar-refractivity contribution in [1.82, 2.24) is 10.6 Å². The second kappa shape index (κ2) is 7.05. The number of imide groups is 1. The number of carbonyl (C=O) groups is 3. The molecule has 3 amide bonds. The van der Waals surface area contributed by atoms with Crippen molar-refractivity contribution in [3.63, 3.8) is 0 Å². The van der Waals surface area contributed by atoms with Gasteiger partial charge in [0.25, 0.3) is 0 Å². The topological polar surface area (TPSA) is 114 Å². The van der Waals surface area contributed by atoms with Crippen LogP contribution in [0.4, 0.5) is 4.79 Å². The summed E-state index contributed by atoms with van der Waals surface area (Å²) in [4.78, 5) is 32.9. The van der Waals surface area contributed by atoms with Crippen molar-refractivity contribution >= 4 is 17.9 Å². The summed E-state index contributed by atoms with van der Waals surface area (Å²) in [5, 5.41) is 13.0. The average Bonchev–Trinajstić information content (AvgIpc) is 2.83. The molecule has 0 spiro atoms. The molecule has 1 rings (SSSR count). The van der Waals surface area contributed by atoms with Gasteiger partial charge in [-0.25, -0.2) is 4.79 Å². The van der Waals surface area contributed by atoms with Crippen LogP contribution in [-0.2, 0) is 19.1 Å². The molecule has 19 heavy (non-hydrogen) atoms. The minimum absolute atomic E-state index is 0.224. The second-order valence-electron chi connectivity index (χ2n) is 4.31. The van der Waals surface area contributed by atoms with Crippen molar-refractivity contribution in [2.45, 2.75) is 24.9 Å². The Bertz CT molecular complexity index is 351. The number of hydrogen-bond donors (Lipinski definition) is 3. The number of carboxylic acids is 1. The number of urea groups is 1. The Morgan fingerprint density at radius 2 is 2.11 bits per heavy atom. The number of hydrogen-bond acceptors (Lipinski definition) is 5. The lowest BCUT2D eigenvalue weighted by Gasteiger charge is -2.25. The monoisotopic (exact) mass is 274 g/mol. The van der Waals surface area contributed by atoms with Crippen LogP contribution in [0.25, 0.3) is 0 Å². The molecule has 0 aromatic heterocycles. The molecule has 3 N–H and O–H groups in total. The Labute approximate surface area is 110 Å². The molecule has 0 radical (unpaired) electrons. The fourth-order valence-corrected chi connectivity index (χ4v) is 1.66. The molecule has 1 aliphatic rings. The molecule has 1 saturated heterocycles. The molecule has 0 bridgehead atoms. The lowest BCUT2D eigenvalue weighted by Crippen LogP contribution is -2.49. The zero-order valence-corrected chi connectivity index (χ0v) is 10.7. The fourth-order valence-electron chi connectivity index (χ4n) is 1.66. The van der Waals surface area contributed by atoms with E-state index in [0.29, 0.717) is 19.6 Å². The average molecular weight is 274 g/mol. The largest absolute Gasteiger partial charge is 0.481 e. The molecular formula is C11H18N2O6. The van der Waals surface area contributed by atoms with Gasteiger partial charge in [0, 0.05) is 26.6 Å². The van der Waals surface area contributed by atoms with Crippen molar-refractivity contribution in [3.8, 4) is 0 Å². The van der Waals surface area contributed by atoms with Crippen LogP contribution in [0.2, 0.25) is 0 Å². The lowest BCUT2D eigenvalue weighted by atomic mass is 10.0. The van der Waals surface area contributed by atoms with E-state index >= 15 is 0 Å². The molecule has 0 aromatic carbocycles. The van der Waals surface area contributed by atoms with Gasteiger partial charge in [0.2, 0.25) is 5.91 Å². The van der Waals surface area contributed by atoms with E-state index in [-0.39, 0.29) is 19.4 Å². The van der Waals surface area contributed by atoms with Gasteiger partial charge in [0.1, 0.15) is 5.60 Å². The van der Waals surface area contributed by atoms with E-state index in [9.17, 15) is 14.4 Å². The first kappa shape index (κ1) is 15.4. The maximum atomic E-state index is 11.4. The molecule has 0 aromatic rings. The van der Waals surface area contributed by atoms with E-state index in [2.05, 4.69) is 10.6 Å². The molecular weight excluding hydrogens is 256 g/mol. The van der Waals surface area contributed by atoms with Crippen LogP contribution in [0.3, 0.4) is 0 Å². The predicted octanol–water partition coefficient (Wildman–Crippen LogP) is -0.517. The third-order valence-electron chi connectivity index (χ3n) is 2.89. The molecule has 108 valence electrons. The van der Waals surface area contributed by atoms with E-state index in [1.807, 2.05) is 0 Å². The minimum Gasteiger partial charge on any atom is -0.481 e. The highest BCUT2D eigenvalue weighted by Crippen LogP contribution is 2.21. The van der Waals surface area contributed by atoms with Crippen LogP contribution in [0, 0.1) is 0 Å². The number of nitrogens with one attached hydrogen (secondary N) is 2. The highest BCUT2D eigenvalue weighted by atomic mass is 16.5. The maximum absolute atomic E-state index is 11.4. The third kappa shape index (κ3) is 5.23. The summed E-state index contributed by atoms with van der Waals surface area (Å²) < 4.78 is 10.5. The van der Waals surface area contributed by atoms with Crippen LogP contribution in [-0.4, -0.2) is 55.5 Å². The summed E-state index contributed by atoms with van der Waals surface area (Å²) >= 11 is 0. The van der Waals surface area contributed by atoms with Crippen molar-refractivity contribution in [3.05, 3.63) is 0 Å². The smallest absolute Gasteiger partial charge is 0.321 e. The van der Waals surface area contributed by atoms with Crippen LogP contribution in [0.5, 0.6) is 0 Å². The van der Waals surface area contributed by atoms with Gasteiger partial charge in [0.15, 0.2) is 0 Å². The molecule has 1 fully saturated rings. The van der Waals surface area contributed by atoms with Gasteiger partial charge in [0.05, 0.1) is 19.6 Å². The molecule has 1 atom stereocenters. The standard InChI is InChI=1S/C11H18N2O6/c1-18-11(4-5-19-7-11)6-12-10(17)13-8(14)2-3-9(15)16/h2-7H2,1H3,(H,15,16)(H2,12,13,14,17). The molecule has 0 aliphatic carbocycles. The van der Waals surface area contributed by atoms with E-state index in [4.69, 9.17) is 14.6 Å². The number of carbonyl (C=O) groups excluding carboxylic acids is 2. The number of methoxy groups -OCH3 is 1. The van der Waals surface area contributed by atoms with Gasteiger partial charge >= 0.3 is 12.0 Å². The van der Waals surface area contributed by atoms with Crippen molar-refractivity contribution in [1.29, 1.82) is 0 Å². The SMILES string of the molecule is COC1(CNC(=O)NC(=O)CCC(=O)O)CCOC1. The number of carboxylic acid groups (broad SMARTS) is 1. The molecule has 8 nitrogen and oxygen atoms in total. The minimum atomic E-state index is -1.09. The Kier molecular flexibility index (Phi) is 5.71. The molecule has 8 heteroatoms. The highest BCUT2D eigenvalue weighted by molar-refractivity contribution is 5.95. The summed E-state index contributed by atoms with van der Waals surface area (Å²) in [7, 11) is 1.53. The fraction of sp³-hybridized carbons (Fsp3) is 0.727. The second-order valence-corrected chi connectivity index (χ2v) is 4.31. The lowest BCUT2D eigenvalue weighted by molar-refractivity contribution is -0.138. The first-order valence-corrected chi connectivity index (χ1v) is 5.90. The van der Waals surface area contributed by atoms with E-state index in [1.54, 1.807) is 0 Å². The summed E-state index contributed by atoms with van der Waals surface area (Å²) in [6.45, 7) is 1.17. The normalized spacial score (nSPS) is 21.9. The Hall–Kier alpha value is -1.67. The summed E-state index contributed by atoms with van der Waals surface area (Å²) in [6, 6.07) is -0.668. The first-order valence-electron chi connectivity index (χ1n) is 5.90. The van der Waals surface area contributed by atoms with Gasteiger partial charge < -0.3 is 19.9 Å². The highest BCUT2D eigenvalue weighted by Gasteiger charge is 2.35. The molecule has 1 unspecified atom stereocenters. The number of amides is 3. The van der Waals surface area contributed by atoms with Crippen LogP contribution >= 0.6 is 0 Å². The first-order chi connectivity index (χ1) is 8.97. The van der Waals surface area contributed by atoms with Gasteiger partial charge in [-0.2, -0.15) is 0 Å². The van der Waals surface area contributed by atoms with Crippen LogP contribution < -0.4 is 10.6 Å². The number of aliphatic carboxylic acids is 1. The van der Waals surface area contributed by atoms with E-state index < -0.39 is 23.5 Å². The third-order valence-corrected chi connectivity index (χ3v) is 2.89. The number of ether oxygens (including phenoxy) is 2. The van der Waals surface area contributed by atoms with Gasteiger partial charge in [-0.3, -0.25) is 14.9 Å². The Morgan fingerprint density at radius 1 is 1.37 bits per heavy atom. The van der Waals surface area contributed by atoms with Gasteiger partial charge in [-0.1, -0.05) is 0 Å². The molecule has 0 saturated carbocycles. The summed E-state index contributed by atoms with van der Waals surface area (Å²) in [5.41, 5.74) is -0.554. The van der Waals surface area contributed by atoms with Crippen molar-refractivity contribution < 1.29 is 29.0 Å². The summed E-state index contributed by atoms with van der Waals surface area (Å²) in [6.07, 6.45) is 0.118. The number of rotatable bonds is 6. The molecule has 1 heterocycles. The van der Waals surface area contributed by atoms with E-state index in [0.717, 1.165) is 0 Å². The van der Waals surface area contributed by atoms with Crippen LogP contribution in [0.1, 0.15) is 19.3 Å². The zero-order chi connectivity index (χ0) is 14.3. The van der Waals surface area contributed by atoms with Gasteiger partial charge in [-0.15, -0.1) is 0 Å². The quantitative estimate of drug-likeness (QED) is 0.600. The van der Waals surface area contributed by atoms with E-state index in [1.165, 1.54) is 7.11 Å². The zero-order valence-electron chi connectivity index (χ0n) is 10.7. The Morgan fingerprint density at radius 3 is 2.63 bits per heavy atom. The molecule has 1 aliphatic heterocycles. The van der Waals surface area contributed by atoms with Gasteiger partial charge in [-0.05, 0) is 0 Å². The predicted molar refractivity (Wildman–Crippen MR) is 63.6 cm³/mol. The van der Waals surface area contributed by atoms with Crippen molar-refractivity contribution in [2.24, 2.45) is 0 Å². The maximum Gasteiger partial charge on any atom is 0.321 e. The van der Waals surface area contributed by atoms with Crippen molar-refractivity contribution in [2.75, 3.05) is 26.9 Å². The summed E-state index contributed by atoms with van der Waals surface area (Å²) in [5.74, 6) is -1.72.